The average Bonchev–Trinajstić information content (AvgIpc) is 3.34. The number of thioether (sulfide) groups is 1. The Balaban J connectivity index is 1.74. The van der Waals surface area contributed by atoms with Crippen molar-refractivity contribution in [2.45, 2.75) is 18.4 Å². The fraction of sp³-hybridized carbons (Fsp3) is 0.182. The quantitative estimate of drug-likeness (QED) is 0.466. The molecular formula is C22H20N3O2S2+. The molecule has 0 atom stereocenters. The average molecular weight is 423 g/mol. The van der Waals surface area contributed by atoms with Crippen molar-refractivity contribution in [2.75, 3.05) is 11.9 Å². The number of aryl methyl sites for hydroxylation is 1. The normalized spacial score (nSPS) is 16.1. The third-order valence-electron chi connectivity index (χ3n) is 5.18. The Morgan fingerprint density at radius 2 is 1.90 bits per heavy atom. The lowest BCUT2D eigenvalue weighted by atomic mass is 10.3. The lowest BCUT2D eigenvalue weighted by molar-refractivity contribution is -0.652. The van der Waals surface area contributed by atoms with Crippen LogP contribution >= 0.6 is 23.1 Å². The number of hydrogen-bond acceptors (Lipinski definition) is 5. The molecule has 5 rings (SSSR count). The van der Waals surface area contributed by atoms with E-state index in [-0.39, 0.29) is 5.56 Å². The number of benzene rings is 2. The number of thiazole rings is 1. The number of fused-ring (bicyclic) bond motifs is 2. The molecule has 5 nitrogen and oxygen atoms in total. The molecule has 4 aromatic rings. The largest absolute Gasteiger partial charge is 0.398 e. The number of hydrogen-bond donors (Lipinski definition) is 0. The molecule has 0 N–H and O–H groups in total. The van der Waals surface area contributed by atoms with Gasteiger partial charge in [0, 0.05) is 24.6 Å². The second-order valence-electron chi connectivity index (χ2n) is 6.86. The van der Waals surface area contributed by atoms with Crippen LogP contribution in [-0.2, 0) is 13.6 Å². The topological polar surface area (TPSA) is 42.3 Å². The van der Waals surface area contributed by atoms with E-state index in [9.17, 15) is 4.79 Å². The van der Waals surface area contributed by atoms with Crippen LogP contribution in [0.25, 0.3) is 22.2 Å². The van der Waals surface area contributed by atoms with Crippen molar-refractivity contribution in [1.82, 2.24) is 4.57 Å². The highest BCUT2D eigenvalue weighted by molar-refractivity contribution is 8.08. The first-order chi connectivity index (χ1) is 14.1. The van der Waals surface area contributed by atoms with Crippen LogP contribution in [0.4, 0.5) is 5.69 Å². The molecule has 0 bridgehead atoms. The Labute approximate surface area is 175 Å². The summed E-state index contributed by atoms with van der Waals surface area (Å²) in [5.74, 6) is 0.724. The van der Waals surface area contributed by atoms with Crippen LogP contribution in [0, 0.1) is 0 Å². The Kier molecular flexibility index (Phi) is 4.37. The predicted molar refractivity (Wildman–Crippen MR) is 119 cm³/mol. The van der Waals surface area contributed by atoms with Crippen molar-refractivity contribution in [3.05, 3.63) is 74.0 Å². The van der Waals surface area contributed by atoms with E-state index in [4.69, 9.17) is 4.42 Å². The molecule has 0 spiro atoms. The highest BCUT2D eigenvalue weighted by Gasteiger charge is 2.24. The summed E-state index contributed by atoms with van der Waals surface area (Å²) in [4.78, 5) is 16.5. The maximum absolute atomic E-state index is 13.2. The number of anilines is 1. The molecule has 0 saturated carbocycles. The zero-order valence-corrected chi connectivity index (χ0v) is 18.0. The first kappa shape index (κ1) is 18.3. The number of para-hydroxylation sites is 3. The molecule has 0 saturated heterocycles. The first-order valence-electron chi connectivity index (χ1n) is 9.42. The van der Waals surface area contributed by atoms with Gasteiger partial charge in [0.25, 0.3) is 11.1 Å². The molecule has 29 heavy (non-hydrogen) atoms. The summed E-state index contributed by atoms with van der Waals surface area (Å²) in [6, 6.07) is 16.2. The maximum atomic E-state index is 13.2. The summed E-state index contributed by atoms with van der Waals surface area (Å²) in [5, 5.41) is 0.983. The number of rotatable bonds is 2. The van der Waals surface area contributed by atoms with Gasteiger partial charge in [-0.3, -0.25) is 9.36 Å². The highest BCUT2D eigenvalue weighted by Crippen LogP contribution is 2.44. The minimum atomic E-state index is 0.0460. The van der Waals surface area contributed by atoms with Crippen molar-refractivity contribution in [1.29, 1.82) is 0 Å². The summed E-state index contributed by atoms with van der Waals surface area (Å²) in [7, 11) is 4.00. The van der Waals surface area contributed by atoms with Gasteiger partial charge >= 0.3 is 5.89 Å². The fourth-order valence-electron chi connectivity index (χ4n) is 3.62. The molecule has 1 aliphatic rings. The number of oxazole rings is 1. The van der Waals surface area contributed by atoms with E-state index in [0.29, 0.717) is 6.54 Å². The van der Waals surface area contributed by atoms with Crippen LogP contribution in [0.1, 0.15) is 12.8 Å². The Morgan fingerprint density at radius 1 is 1.14 bits per heavy atom. The van der Waals surface area contributed by atoms with Gasteiger partial charge in [-0.2, -0.15) is 4.57 Å². The molecule has 0 unspecified atom stereocenters. The van der Waals surface area contributed by atoms with E-state index in [0.717, 1.165) is 36.9 Å². The number of aromatic nitrogens is 2. The van der Waals surface area contributed by atoms with Crippen LogP contribution in [0.2, 0.25) is 0 Å². The van der Waals surface area contributed by atoms with Crippen LogP contribution < -0.4 is 24.2 Å². The van der Waals surface area contributed by atoms with Gasteiger partial charge in [-0.15, -0.1) is 11.3 Å². The van der Waals surface area contributed by atoms with E-state index in [2.05, 4.69) is 17.0 Å². The second kappa shape index (κ2) is 6.93. The summed E-state index contributed by atoms with van der Waals surface area (Å²) in [5.41, 5.74) is 3.04. The van der Waals surface area contributed by atoms with Crippen LogP contribution in [0.15, 0.2) is 62.6 Å². The summed E-state index contributed by atoms with van der Waals surface area (Å²) >= 11 is 3.17. The monoisotopic (exact) mass is 422 g/mol. The first-order valence-corrected chi connectivity index (χ1v) is 11.1. The second-order valence-corrected chi connectivity index (χ2v) is 8.93. The molecule has 2 aromatic carbocycles. The van der Waals surface area contributed by atoms with Gasteiger partial charge < -0.3 is 9.32 Å². The van der Waals surface area contributed by atoms with Gasteiger partial charge in [0.1, 0.15) is 21.3 Å². The summed E-state index contributed by atoms with van der Waals surface area (Å²) in [6.07, 6.45) is 1.96. The maximum Gasteiger partial charge on any atom is 0.376 e. The molecule has 0 radical (unpaired) electrons. The van der Waals surface area contributed by atoms with Gasteiger partial charge in [0.15, 0.2) is 0 Å². The SMILES string of the molecule is CCn1c(=Cc2oc3ccccc3[n+]2C)sc(=C2Sc3ccccc3N2C)c1=O. The Bertz CT molecular complexity index is 1430. The van der Waals surface area contributed by atoms with Crippen LogP contribution in [0.3, 0.4) is 0 Å². The predicted octanol–water partition coefficient (Wildman–Crippen LogP) is 2.64. The van der Waals surface area contributed by atoms with Gasteiger partial charge in [-0.25, -0.2) is 0 Å². The fourth-order valence-corrected chi connectivity index (χ4v) is 6.06. The molecular weight excluding hydrogens is 402 g/mol. The lowest BCUT2D eigenvalue weighted by Crippen LogP contribution is -2.34. The van der Waals surface area contributed by atoms with Gasteiger partial charge in [-0.05, 0) is 25.1 Å². The molecule has 146 valence electrons. The van der Waals surface area contributed by atoms with Gasteiger partial charge in [0.05, 0.1) is 11.8 Å². The van der Waals surface area contributed by atoms with Crippen molar-refractivity contribution in [3.8, 4) is 0 Å². The zero-order valence-electron chi connectivity index (χ0n) is 16.4. The van der Waals surface area contributed by atoms with E-state index < -0.39 is 0 Å². The highest BCUT2D eigenvalue weighted by atomic mass is 32.2. The van der Waals surface area contributed by atoms with Crippen LogP contribution in [0.5, 0.6) is 0 Å². The minimum absolute atomic E-state index is 0.0460. The molecule has 3 heterocycles. The molecule has 0 fully saturated rings. The molecule has 0 aliphatic carbocycles. The summed E-state index contributed by atoms with van der Waals surface area (Å²) in [6.45, 7) is 2.61. The Hall–Kier alpha value is -2.77. The summed E-state index contributed by atoms with van der Waals surface area (Å²) < 4.78 is 11.5. The third kappa shape index (κ3) is 2.84. The minimum Gasteiger partial charge on any atom is -0.398 e. The van der Waals surface area contributed by atoms with Crippen LogP contribution in [-0.4, -0.2) is 11.6 Å². The van der Waals surface area contributed by atoms with E-state index in [1.54, 1.807) is 11.8 Å². The van der Waals surface area contributed by atoms with Crippen molar-refractivity contribution in [2.24, 2.45) is 7.05 Å². The van der Waals surface area contributed by atoms with Crippen molar-refractivity contribution >= 4 is 51.0 Å². The van der Waals surface area contributed by atoms with Crippen molar-refractivity contribution in [3.63, 3.8) is 0 Å². The lowest BCUT2D eigenvalue weighted by Gasteiger charge is -2.11. The zero-order chi connectivity index (χ0) is 20.1. The molecule has 1 aliphatic heterocycles. The van der Waals surface area contributed by atoms with Crippen molar-refractivity contribution < 1.29 is 8.98 Å². The van der Waals surface area contributed by atoms with Gasteiger partial charge in [-0.1, -0.05) is 36.0 Å². The number of nitrogens with zero attached hydrogens (tertiary/aromatic N) is 3. The van der Waals surface area contributed by atoms with E-state index >= 15 is 0 Å². The standard InChI is InChI=1S/C22H20N3O2S2/c1-4-25-19(13-18-23(2)14-9-5-7-11-16(14)27-18)29-20(21(25)26)22-24(3)15-10-6-8-12-17(15)28-22/h5-13H,4H2,1-3H3/q+1. The molecule has 7 heteroatoms. The van der Waals surface area contributed by atoms with E-state index in [1.807, 2.05) is 72.6 Å². The molecule has 2 aromatic heterocycles. The molecule has 0 amide bonds. The van der Waals surface area contributed by atoms with E-state index in [1.165, 1.54) is 16.2 Å². The Morgan fingerprint density at radius 3 is 2.66 bits per heavy atom. The third-order valence-corrected chi connectivity index (χ3v) is 7.66. The smallest absolute Gasteiger partial charge is 0.376 e. The van der Waals surface area contributed by atoms with Gasteiger partial charge in [0.2, 0.25) is 5.58 Å².